The first-order valence-electron chi connectivity index (χ1n) is 8.59. The summed E-state index contributed by atoms with van der Waals surface area (Å²) in [6, 6.07) is 9.65. The molecule has 0 amide bonds. The minimum atomic E-state index is 0.469. The fraction of sp³-hybridized carbons (Fsp3) is 0.684. The maximum absolute atomic E-state index is 3.65. The summed E-state index contributed by atoms with van der Waals surface area (Å²) in [5.41, 5.74) is 2.89. The highest BCUT2D eigenvalue weighted by Crippen LogP contribution is 2.15. The van der Waals surface area contributed by atoms with Gasteiger partial charge in [-0.25, -0.2) is 0 Å². The molecule has 1 N–H and O–H groups in total. The molecule has 1 aromatic rings. The molecular formula is C19H33NS. The third kappa shape index (κ3) is 8.53. The molecule has 1 rings (SSSR count). The molecular weight excluding hydrogens is 274 g/mol. The van der Waals surface area contributed by atoms with Crippen molar-refractivity contribution in [2.24, 2.45) is 0 Å². The van der Waals surface area contributed by atoms with Gasteiger partial charge in [0.2, 0.25) is 0 Å². The van der Waals surface area contributed by atoms with Crippen molar-refractivity contribution < 1.29 is 0 Å². The Kier molecular flexibility index (Phi) is 10.7. The molecule has 21 heavy (non-hydrogen) atoms. The fourth-order valence-electron chi connectivity index (χ4n) is 2.52. The van der Waals surface area contributed by atoms with Gasteiger partial charge in [0.1, 0.15) is 0 Å². The van der Waals surface area contributed by atoms with Crippen LogP contribution in [-0.2, 0) is 6.42 Å². The first-order chi connectivity index (χ1) is 10.3. The number of thioether (sulfide) groups is 1. The Morgan fingerprint density at radius 3 is 2.38 bits per heavy atom. The van der Waals surface area contributed by atoms with Crippen molar-refractivity contribution in [2.45, 2.75) is 64.8 Å². The highest BCUT2D eigenvalue weighted by Gasteiger charge is 2.04. The van der Waals surface area contributed by atoms with Crippen molar-refractivity contribution in [1.82, 2.24) is 5.32 Å². The summed E-state index contributed by atoms with van der Waals surface area (Å²) in [6.45, 7) is 5.66. The van der Waals surface area contributed by atoms with E-state index in [1.165, 1.54) is 61.8 Å². The van der Waals surface area contributed by atoms with Crippen molar-refractivity contribution in [2.75, 3.05) is 18.6 Å². The van der Waals surface area contributed by atoms with E-state index in [1.54, 1.807) is 0 Å². The smallest absolute Gasteiger partial charge is 0.0291 e. The fourth-order valence-corrected chi connectivity index (χ4v) is 3.01. The molecule has 0 bridgehead atoms. The van der Waals surface area contributed by atoms with Crippen LogP contribution >= 0.6 is 11.8 Å². The van der Waals surface area contributed by atoms with Gasteiger partial charge in [-0.15, -0.1) is 0 Å². The summed E-state index contributed by atoms with van der Waals surface area (Å²) < 4.78 is 0. The van der Waals surface area contributed by atoms with Gasteiger partial charge in [-0.1, -0.05) is 50.5 Å². The third-order valence-corrected chi connectivity index (χ3v) is 4.72. The van der Waals surface area contributed by atoms with E-state index < -0.39 is 0 Å². The molecule has 120 valence electrons. The monoisotopic (exact) mass is 307 g/mol. The molecule has 0 fully saturated rings. The van der Waals surface area contributed by atoms with Crippen molar-refractivity contribution in [3.8, 4) is 0 Å². The standard InChI is InChI=1S/C19H33NS/c1-4-5-10-18-11-13-19(14-12-18)17(2)20-15-8-6-7-9-16-21-3/h11-14,17,20H,4-10,15-16H2,1-3H3. The van der Waals surface area contributed by atoms with E-state index in [2.05, 4.69) is 49.7 Å². The van der Waals surface area contributed by atoms with E-state index in [1.807, 2.05) is 11.8 Å². The molecule has 1 unspecified atom stereocenters. The van der Waals surface area contributed by atoms with Crippen molar-refractivity contribution in [3.05, 3.63) is 35.4 Å². The molecule has 0 aromatic heterocycles. The zero-order valence-electron chi connectivity index (χ0n) is 14.2. The van der Waals surface area contributed by atoms with Crippen LogP contribution in [-0.4, -0.2) is 18.6 Å². The summed E-state index contributed by atoms with van der Waals surface area (Å²) in [5, 5.41) is 3.65. The lowest BCUT2D eigenvalue weighted by Crippen LogP contribution is -2.19. The predicted molar refractivity (Wildman–Crippen MR) is 98.3 cm³/mol. The number of unbranched alkanes of at least 4 members (excludes halogenated alkanes) is 4. The number of hydrogen-bond acceptors (Lipinski definition) is 2. The number of rotatable bonds is 12. The Hall–Kier alpha value is -0.470. The van der Waals surface area contributed by atoms with E-state index in [0.29, 0.717) is 6.04 Å². The second-order valence-corrected chi connectivity index (χ2v) is 6.91. The Balaban J connectivity index is 2.17. The van der Waals surface area contributed by atoms with Gasteiger partial charge in [-0.2, -0.15) is 11.8 Å². The van der Waals surface area contributed by atoms with Crippen LogP contribution in [0.4, 0.5) is 0 Å². The summed E-state index contributed by atoms with van der Waals surface area (Å²) in [4.78, 5) is 0. The molecule has 0 aliphatic carbocycles. The van der Waals surface area contributed by atoms with Crippen LogP contribution in [0.15, 0.2) is 24.3 Å². The van der Waals surface area contributed by atoms with Gasteiger partial charge in [0.05, 0.1) is 0 Å². The molecule has 1 aromatic carbocycles. The Morgan fingerprint density at radius 2 is 1.71 bits per heavy atom. The molecule has 0 aliphatic rings. The third-order valence-electron chi connectivity index (χ3n) is 4.02. The second-order valence-electron chi connectivity index (χ2n) is 5.93. The first-order valence-corrected chi connectivity index (χ1v) is 9.98. The molecule has 1 nitrogen and oxygen atoms in total. The number of aryl methyl sites for hydroxylation is 1. The lowest BCUT2D eigenvalue weighted by Gasteiger charge is -2.15. The number of benzene rings is 1. The van der Waals surface area contributed by atoms with Crippen LogP contribution in [0.25, 0.3) is 0 Å². The molecule has 2 heteroatoms. The summed E-state index contributed by atoms with van der Waals surface area (Å²) in [7, 11) is 0. The zero-order valence-corrected chi connectivity index (χ0v) is 15.0. The maximum Gasteiger partial charge on any atom is 0.0291 e. The first kappa shape index (κ1) is 18.6. The number of hydrogen-bond donors (Lipinski definition) is 1. The Labute approximate surface area is 136 Å². The Morgan fingerprint density at radius 1 is 1.00 bits per heavy atom. The van der Waals surface area contributed by atoms with Gasteiger partial charge in [-0.05, 0) is 62.3 Å². The van der Waals surface area contributed by atoms with Gasteiger partial charge in [0.25, 0.3) is 0 Å². The molecule has 0 aliphatic heterocycles. The van der Waals surface area contributed by atoms with Crippen LogP contribution in [0.1, 0.15) is 69.5 Å². The molecule has 0 heterocycles. The van der Waals surface area contributed by atoms with E-state index in [4.69, 9.17) is 0 Å². The average Bonchev–Trinajstić information content (AvgIpc) is 2.52. The Bertz CT molecular complexity index is 347. The van der Waals surface area contributed by atoms with Crippen molar-refractivity contribution in [1.29, 1.82) is 0 Å². The maximum atomic E-state index is 3.65. The van der Waals surface area contributed by atoms with Gasteiger partial charge in [0, 0.05) is 6.04 Å². The lowest BCUT2D eigenvalue weighted by atomic mass is 10.0. The van der Waals surface area contributed by atoms with Crippen LogP contribution < -0.4 is 5.32 Å². The zero-order chi connectivity index (χ0) is 15.3. The normalized spacial score (nSPS) is 12.5. The van der Waals surface area contributed by atoms with Gasteiger partial charge < -0.3 is 5.32 Å². The minimum absolute atomic E-state index is 0.469. The molecule has 0 spiro atoms. The largest absolute Gasteiger partial charge is 0.310 e. The predicted octanol–water partition coefficient (Wildman–Crippen LogP) is 5.60. The average molecular weight is 308 g/mol. The van der Waals surface area contributed by atoms with Crippen LogP contribution in [0.3, 0.4) is 0 Å². The summed E-state index contributed by atoms with van der Waals surface area (Å²) in [6.07, 6.45) is 11.4. The van der Waals surface area contributed by atoms with Gasteiger partial charge in [0.15, 0.2) is 0 Å². The topological polar surface area (TPSA) is 12.0 Å². The number of nitrogens with one attached hydrogen (secondary N) is 1. The minimum Gasteiger partial charge on any atom is -0.310 e. The second kappa shape index (κ2) is 12.1. The quantitative estimate of drug-likeness (QED) is 0.504. The van der Waals surface area contributed by atoms with E-state index >= 15 is 0 Å². The lowest BCUT2D eigenvalue weighted by molar-refractivity contribution is 0.537. The molecule has 1 atom stereocenters. The van der Waals surface area contributed by atoms with Crippen LogP contribution in [0.5, 0.6) is 0 Å². The highest BCUT2D eigenvalue weighted by atomic mass is 32.2. The molecule has 0 saturated heterocycles. The van der Waals surface area contributed by atoms with Crippen molar-refractivity contribution >= 4 is 11.8 Å². The SMILES string of the molecule is CCCCc1ccc(C(C)NCCCCCCSC)cc1. The molecule has 0 saturated carbocycles. The van der Waals surface area contributed by atoms with E-state index in [9.17, 15) is 0 Å². The van der Waals surface area contributed by atoms with Crippen LogP contribution in [0, 0.1) is 0 Å². The van der Waals surface area contributed by atoms with Crippen molar-refractivity contribution in [3.63, 3.8) is 0 Å². The molecule has 0 radical (unpaired) electrons. The highest BCUT2D eigenvalue weighted by molar-refractivity contribution is 7.98. The van der Waals surface area contributed by atoms with Gasteiger partial charge in [-0.3, -0.25) is 0 Å². The van der Waals surface area contributed by atoms with E-state index in [-0.39, 0.29) is 0 Å². The van der Waals surface area contributed by atoms with Gasteiger partial charge >= 0.3 is 0 Å². The summed E-state index contributed by atoms with van der Waals surface area (Å²) in [5.74, 6) is 1.31. The van der Waals surface area contributed by atoms with E-state index in [0.717, 1.165) is 6.54 Å². The summed E-state index contributed by atoms with van der Waals surface area (Å²) >= 11 is 1.96. The van der Waals surface area contributed by atoms with Crippen LogP contribution in [0.2, 0.25) is 0 Å².